The topological polar surface area (TPSA) is 104 Å². The Balaban J connectivity index is 1.27. The Morgan fingerprint density at radius 3 is 2.48 bits per heavy atom. The van der Waals surface area contributed by atoms with Gasteiger partial charge in [-0.3, -0.25) is 9.59 Å². The van der Waals surface area contributed by atoms with Crippen molar-refractivity contribution in [2.45, 2.75) is 71.3 Å². The summed E-state index contributed by atoms with van der Waals surface area (Å²) in [5.41, 5.74) is 0.142. The van der Waals surface area contributed by atoms with Gasteiger partial charge in [-0.05, 0) is 58.7 Å². The fourth-order valence-electron chi connectivity index (χ4n) is 6.14. The van der Waals surface area contributed by atoms with Gasteiger partial charge in [0.1, 0.15) is 24.1 Å². The van der Waals surface area contributed by atoms with E-state index in [9.17, 15) is 18.4 Å². The number of carbonyl (C=O) groups is 2. The van der Waals surface area contributed by atoms with Crippen LogP contribution in [0.5, 0.6) is 11.6 Å². The third-order valence-electron chi connectivity index (χ3n) is 8.16. The lowest BCUT2D eigenvalue weighted by atomic mass is 9.72. The van der Waals surface area contributed by atoms with Crippen molar-refractivity contribution >= 4 is 17.6 Å². The molecule has 1 aromatic carbocycles. The number of carbonyl (C=O) groups excluding carboxylic acids is 2. The van der Waals surface area contributed by atoms with Crippen molar-refractivity contribution in [2.24, 2.45) is 5.41 Å². The highest BCUT2D eigenvalue weighted by atomic mass is 19.1. The van der Waals surface area contributed by atoms with Crippen LogP contribution in [0, 0.1) is 11.2 Å². The summed E-state index contributed by atoms with van der Waals surface area (Å²) in [4.78, 5) is 36.2. The number of anilines is 1. The van der Waals surface area contributed by atoms with Crippen LogP contribution >= 0.6 is 0 Å². The van der Waals surface area contributed by atoms with Crippen LogP contribution < -0.4 is 15.0 Å². The SMILES string of the molecule is CC(C)N(C(=O)c1cc(F)ccc1Oc1nncnc1N1CC2(CCN(C(=O)[C@@H]3C[C@@H](F)CN3)CC2)C1)C(C)C. The molecule has 3 aliphatic heterocycles. The number of rotatable bonds is 7. The van der Waals surface area contributed by atoms with Crippen LogP contribution in [-0.2, 0) is 4.79 Å². The zero-order valence-electron chi connectivity index (χ0n) is 23.4. The average Bonchev–Trinajstić information content (AvgIpc) is 3.34. The van der Waals surface area contributed by atoms with Crippen LogP contribution in [0.4, 0.5) is 14.6 Å². The molecule has 3 aliphatic rings. The first-order valence-corrected chi connectivity index (χ1v) is 14.0. The normalized spacial score (nSPS) is 22.1. The quantitative estimate of drug-likeness (QED) is 0.554. The van der Waals surface area contributed by atoms with Gasteiger partial charge in [-0.1, -0.05) is 0 Å². The third-order valence-corrected chi connectivity index (χ3v) is 8.16. The highest BCUT2D eigenvalue weighted by Gasteiger charge is 2.47. The molecular formula is C28H37F2N7O3. The number of halogens is 2. The Morgan fingerprint density at radius 2 is 1.85 bits per heavy atom. The van der Waals surface area contributed by atoms with E-state index in [-0.39, 0.29) is 59.5 Å². The van der Waals surface area contributed by atoms with Gasteiger partial charge in [0.05, 0.1) is 11.6 Å². The highest BCUT2D eigenvalue weighted by Crippen LogP contribution is 2.44. The average molecular weight is 558 g/mol. The number of likely N-dealkylation sites (tertiary alicyclic amines) is 1. The number of amides is 2. The lowest BCUT2D eigenvalue weighted by Crippen LogP contribution is -2.62. The Kier molecular flexibility index (Phi) is 7.89. The Morgan fingerprint density at radius 1 is 1.15 bits per heavy atom. The smallest absolute Gasteiger partial charge is 0.282 e. The first-order chi connectivity index (χ1) is 19.1. The van der Waals surface area contributed by atoms with Crippen LogP contribution in [0.3, 0.4) is 0 Å². The van der Waals surface area contributed by atoms with E-state index in [0.29, 0.717) is 32.0 Å². The van der Waals surface area contributed by atoms with Gasteiger partial charge >= 0.3 is 0 Å². The minimum Gasteiger partial charge on any atom is -0.434 e. The summed E-state index contributed by atoms with van der Waals surface area (Å²) < 4.78 is 33.9. The van der Waals surface area contributed by atoms with Crippen LogP contribution in [0.15, 0.2) is 24.5 Å². The van der Waals surface area contributed by atoms with E-state index in [0.717, 1.165) is 12.8 Å². The minimum atomic E-state index is -0.961. The van der Waals surface area contributed by atoms with Gasteiger partial charge < -0.3 is 24.8 Å². The monoisotopic (exact) mass is 557 g/mol. The molecule has 4 heterocycles. The summed E-state index contributed by atoms with van der Waals surface area (Å²) in [6.45, 7) is 10.6. The molecule has 3 saturated heterocycles. The molecule has 216 valence electrons. The second kappa shape index (κ2) is 11.2. The predicted molar refractivity (Wildman–Crippen MR) is 145 cm³/mol. The van der Waals surface area contributed by atoms with Gasteiger partial charge in [-0.15, -0.1) is 10.2 Å². The fourth-order valence-corrected chi connectivity index (χ4v) is 6.14. The molecule has 2 aromatic rings. The number of hydrogen-bond donors (Lipinski definition) is 1. The summed E-state index contributed by atoms with van der Waals surface area (Å²) >= 11 is 0. The minimum absolute atomic E-state index is 0.0139. The molecule has 0 bridgehead atoms. The van der Waals surface area contributed by atoms with E-state index in [1.165, 1.54) is 24.5 Å². The predicted octanol–water partition coefficient (Wildman–Crippen LogP) is 3.19. The van der Waals surface area contributed by atoms with E-state index in [2.05, 4.69) is 20.5 Å². The maximum absolute atomic E-state index is 14.2. The first-order valence-electron chi connectivity index (χ1n) is 14.0. The summed E-state index contributed by atoms with van der Waals surface area (Å²) in [7, 11) is 0. The molecular weight excluding hydrogens is 520 g/mol. The number of ether oxygens (including phenoxy) is 1. The lowest BCUT2D eigenvalue weighted by Gasteiger charge is -2.54. The molecule has 0 aliphatic carbocycles. The van der Waals surface area contributed by atoms with Crippen molar-refractivity contribution in [3.63, 3.8) is 0 Å². The summed E-state index contributed by atoms with van der Waals surface area (Å²) in [6.07, 6.45) is 2.30. The number of nitrogens with zero attached hydrogens (tertiary/aromatic N) is 6. The molecule has 0 unspecified atom stereocenters. The largest absolute Gasteiger partial charge is 0.434 e. The fraction of sp³-hybridized carbons (Fsp3) is 0.607. The molecule has 12 heteroatoms. The van der Waals surface area contributed by atoms with Gasteiger partial charge in [0, 0.05) is 56.6 Å². The summed E-state index contributed by atoms with van der Waals surface area (Å²) in [5.74, 6) is -0.0744. The van der Waals surface area contributed by atoms with Gasteiger partial charge in [-0.2, -0.15) is 0 Å². The Bertz CT molecular complexity index is 1240. The van der Waals surface area contributed by atoms with E-state index in [1.807, 2.05) is 37.5 Å². The van der Waals surface area contributed by atoms with Crippen molar-refractivity contribution in [3.05, 3.63) is 35.9 Å². The van der Waals surface area contributed by atoms with E-state index < -0.39 is 18.0 Å². The maximum Gasteiger partial charge on any atom is 0.282 e. The molecule has 1 spiro atoms. The number of piperidine rings is 1. The van der Waals surface area contributed by atoms with Crippen molar-refractivity contribution in [2.75, 3.05) is 37.6 Å². The van der Waals surface area contributed by atoms with Crippen LogP contribution in [0.1, 0.15) is 57.3 Å². The zero-order chi connectivity index (χ0) is 28.6. The Labute approximate surface area is 233 Å². The molecule has 10 nitrogen and oxygen atoms in total. The third kappa shape index (κ3) is 5.59. The van der Waals surface area contributed by atoms with Crippen molar-refractivity contribution in [3.8, 4) is 11.6 Å². The molecule has 5 rings (SSSR count). The standard InChI is InChI=1S/C28H37F2N7O3/c1-17(2)37(18(3)4)26(38)21-11-19(29)5-6-23(21)40-25-24(32-16-33-34-25)36-14-28(15-36)7-9-35(10-8-28)27(39)22-12-20(30)13-31-22/h5-6,11,16-18,20,22,31H,7-10,12-15H2,1-4H3/t20-,22+/m1/s1. The van der Waals surface area contributed by atoms with Crippen molar-refractivity contribution in [1.82, 2.24) is 30.3 Å². The molecule has 3 fully saturated rings. The van der Waals surface area contributed by atoms with Crippen LogP contribution in [0.25, 0.3) is 0 Å². The number of aromatic nitrogens is 3. The van der Waals surface area contributed by atoms with Gasteiger partial charge in [0.2, 0.25) is 5.91 Å². The molecule has 2 amide bonds. The summed E-state index contributed by atoms with van der Waals surface area (Å²) in [5, 5.41) is 11.0. The number of benzene rings is 1. The van der Waals surface area contributed by atoms with Crippen LogP contribution in [0.2, 0.25) is 0 Å². The number of hydrogen-bond acceptors (Lipinski definition) is 8. The molecule has 0 saturated carbocycles. The number of alkyl halides is 1. The first kappa shape index (κ1) is 28.1. The van der Waals surface area contributed by atoms with E-state index in [1.54, 1.807) is 4.90 Å². The maximum atomic E-state index is 14.2. The van der Waals surface area contributed by atoms with Gasteiger partial charge in [0.15, 0.2) is 5.82 Å². The van der Waals surface area contributed by atoms with Crippen molar-refractivity contribution < 1.29 is 23.1 Å². The van der Waals surface area contributed by atoms with E-state index >= 15 is 0 Å². The second-order valence-corrected chi connectivity index (χ2v) is 11.7. The van der Waals surface area contributed by atoms with Gasteiger partial charge in [-0.25, -0.2) is 13.8 Å². The van der Waals surface area contributed by atoms with Crippen molar-refractivity contribution in [1.29, 1.82) is 0 Å². The molecule has 2 atom stereocenters. The molecule has 0 radical (unpaired) electrons. The van der Waals surface area contributed by atoms with Gasteiger partial charge in [0.25, 0.3) is 11.8 Å². The lowest BCUT2D eigenvalue weighted by molar-refractivity contribution is -0.135. The van der Waals surface area contributed by atoms with E-state index in [4.69, 9.17) is 4.74 Å². The molecule has 1 N–H and O–H groups in total. The highest BCUT2D eigenvalue weighted by molar-refractivity contribution is 5.97. The number of nitrogens with one attached hydrogen (secondary N) is 1. The van der Waals surface area contributed by atoms with Crippen LogP contribution in [-0.4, -0.2) is 93.8 Å². The molecule has 40 heavy (non-hydrogen) atoms. The second-order valence-electron chi connectivity index (χ2n) is 11.7. The molecule has 1 aromatic heterocycles. The Hall–Kier alpha value is -3.41. The summed E-state index contributed by atoms with van der Waals surface area (Å²) in [6, 6.07) is 3.24. The zero-order valence-corrected chi connectivity index (χ0v) is 23.4.